The normalized spacial score (nSPS) is 15.8. The Hall–Kier alpha value is -2.60. The summed E-state index contributed by atoms with van der Waals surface area (Å²) in [4.78, 5) is 25.9. The van der Waals surface area contributed by atoms with E-state index in [2.05, 4.69) is 17.9 Å². The summed E-state index contributed by atoms with van der Waals surface area (Å²) >= 11 is 0. The molecule has 2 amide bonds. The van der Waals surface area contributed by atoms with Crippen LogP contribution in [0.2, 0.25) is 0 Å². The van der Waals surface area contributed by atoms with E-state index in [-0.39, 0.29) is 11.1 Å². The Balaban J connectivity index is 2.42. The summed E-state index contributed by atoms with van der Waals surface area (Å²) in [5.41, 5.74) is 0.860. The first kappa shape index (κ1) is 16.8. The van der Waals surface area contributed by atoms with Crippen LogP contribution in [0.25, 0.3) is 0 Å². The van der Waals surface area contributed by atoms with Crippen molar-refractivity contribution in [1.29, 1.82) is 0 Å². The number of benzene rings is 1. The summed E-state index contributed by atoms with van der Waals surface area (Å²) in [6.07, 6.45) is 4.30. The van der Waals surface area contributed by atoms with Gasteiger partial charge in [0, 0.05) is 0 Å². The SMILES string of the molecule is C=C/C=C(\C=C)[C@@H](COC(F)F)N1C(=O)c2ccccc2C1=O. The molecule has 1 heterocycles. The number of amides is 2. The maximum absolute atomic E-state index is 12.5. The molecule has 0 unspecified atom stereocenters. The van der Waals surface area contributed by atoms with Crippen molar-refractivity contribution in [3.05, 3.63) is 72.4 Å². The van der Waals surface area contributed by atoms with Crippen LogP contribution in [0.5, 0.6) is 0 Å². The second-order valence-electron chi connectivity index (χ2n) is 4.74. The molecule has 0 aromatic heterocycles. The largest absolute Gasteiger partial charge is 0.345 e. The monoisotopic (exact) mass is 319 g/mol. The molecule has 0 spiro atoms. The summed E-state index contributed by atoms with van der Waals surface area (Å²) < 4.78 is 29.2. The minimum Gasteiger partial charge on any atom is -0.320 e. The van der Waals surface area contributed by atoms with Gasteiger partial charge in [0.05, 0.1) is 23.8 Å². The van der Waals surface area contributed by atoms with Gasteiger partial charge in [-0.1, -0.05) is 43.5 Å². The van der Waals surface area contributed by atoms with Crippen LogP contribution < -0.4 is 0 Å². The molecule has 0 fully saturated rings. The molecule has 0 N–H and O–H groups in total. The van der Waals surface area contributed by atoms with E-state index in [1.165, 1.54) is 30.4 Å². The molecule has 1 aliphatic heterocycles. The smallest absolute Gasteiger partial charge is 0.320 e. The van der Waals surface area contributed by atoms with E-state index in [1.54, 1.807) is 12.1 Å². The number of alkyl halides is 2. The fourth-order valence-corrected chi connectivity index (χ4v) is 2.43. The Labute approximate surface area is 132 Å². The van der Waals surface area contributed by atoms with Crippen LogP contribution in [0.1, 0.15) is 20.7 Å². The lowest BCUT2D eigenvalue weighted by atomic mass is 10.1. The van der Waals surface area contributed by atoms with E-state index < -0.39 is 31.1 Å². The van der Waals surface area contributed by atoms with Gasteiger partial charge in [-0.2, -0.15) is 8.78 Å². The van der Waals surface area contributed by atoms with Gasteiger partial charge in [0.15, 0.2) is 0 Å². The van der Waals surface area contributed by atoms with E-state index in [0.29, 0.717) is 5.57 Å². The molecule has 0 bridgehead atoms. The number of carbonyl (C=O) groups is 2. The molecular formula is C17H15F2NO3. The fraction of sp³-hybridized carbons (Fsp3) is 0.176. The number of imide groups is 1. The van der Waals surface area contributed by atoms with Crippen LogP contribution in [0.3, 0.4) is 0 Å². The second-order valence-corrected chi connectivity index (χ2v) is 4.74. The first-order chi connectivity index (χ1) is 11.0. The summed E-state index contributed by atoms with van der Waals surface area (Å²) in [6, 6.07) is 5.29. The van der Waals surface area contributed by atoms with Crippen molar-refractivity contribution in [3.8, 4) is 0 Å². The number of allylic oxidation sites excluding steroid dienone is 2. The Bertz CT molecular complexity index is 647. The van der Waals surface area contributed by atoms with Crippen LogP contribution in [-0.2, 0) is 4.74 Å². The first-order valence-electron chi connectivity index (χ1n) is 6.83. The van der Waals surface area contributed by atoms with E-state index in [9.17, 15) is 18.4 Å². The van der Waals surface area contributed by atoms with E-state index in [1.807, 2.05) is 0 Å². The molecular weight excluding hydrogens is 304 g/mol. The van der Waals surface area contributed by atoms with Crippen LogP contribution >= 0.6 is 0 Å². The van der Waals surface area contributed by atoms with Crippen molar-refractivity contribution >= 4 is 11.8 Å². The summed E-state index contributed by atoms with van der Waals surface area (Å²) in [6.45, 7) is 3.57. The molecule has 23 heavy (non-hydrogen) atoms. The number of rotatable bonds is 7. The maximum atomic E-state index is 12.5. The lowest BCUT2D eigenvalue weighted by molar-refractivity contribution is -0.135. The Morgan fingerprint density at radius 3 is 2.17 bits per heavy atom. The number of ether oxygens (including phenoxy) is 1. The zero-order valence-electron chi connectivity index (χ0n) is 12.2. The summed E-state index contributed by atoms with van der Waals surface area (Å²) in [7, 11) is 0. The van der Waals surface area contributed by atoms with Crippen LogP contribution in [0.15, 0.2) is 61.2 Å². The quantitative estimate of drug-likeness (QED) is 0.573. The third-order valence-corrected chi connectivity index (χ3v) is 3.45. The maximum Gasteiger partial charge on any atom is 0.345 e. The second kappa shape index (κ2) is 7.11. The molecule has 0 saturated heterocycles. The Morgan fingerprint density at radius 1 is 1.17 bits per heavy atom. The van der Waals surface area contributed by atoms with Gasteiger partial charge in [0.25, 0.3) is 11.8 Å². The van der Waals surface area contributed by atoms with Crippen LogP contribution in [0.4, 0.5) is 8.78 Å². The molecule has 1 aromatic carbocycles. The van der Waals surface area contributed by atoms with Gasteiger partial charge in [0.1, 0.15) is 0 Å². The lowest BCUT2D eigenvalue weighted by Gasteiger charge is -2.27. The summed E-state index contributed by atoms with van der Waals surface area (Å²) in [5.74, 6) is -1.10. The van der Waals surface area contributed by atoms with E-state index in [0.717, 1.165) is 4.90 Å². The van der Waals surface area contributed by atoms with Crippen molar-refractivity contribution in [3.63, 3.8) is 0 Å². The van der Waals surface area contributed by atoms with Gasteiger partial charge in [-0.05, 0) is 17.7 Å². The van der Waals surface area contributed by atoms with Gasteiger partial charge in [-0.25, -0.2) is 0 Å². The van der Waals surface area contributed by atoms with Crippen molar-refractivity contribution in [2.45, 2.75) is 12.7 Å². The number of fused-ring (bicyclic) bond motifs is 1. The standard InChI is InChI=1S/C17H15F2NO3/c1-3-7-11(4-2)14(10-23-17(18)19)20-15(21)12-8-5-6-9-13(12)16(20)22/h3-9,14,17H,1-2,10H2/b11-7+/t14-/m1/s1. The third-order valence-electron chi connectivity index (χ3n) is 3.45. The molecule has 0 saturated carbocycles. The van der Waals surface area contributed by atoms with Crippen molar-refractivity contribution in [2.24, 2.45) is 0 Å². The zero-order valence-corrected chi connectivity index (χ0v) is 12.2. The Kier molecular flexibility index (Phi) is 5.18. The molecule has 2 rings (SSSR count). The average Bonchev–Trinajstić information content (AvgIpc) is 2.79. The number of nitrogens with zero attached hydrogens (tertiary/aromatic N) is 1. The minimum atomic E-state index is -3.01. The highest BCUT2D eigenvalue weighted by molar-refractivity contribution is 6.21. The van der Waals surface area contributed by atoms with Crippen molar-refractivity contribution in [2.75, 3.05) is 6.61 Å². The predicted octanol–water partition coefficient (Wildman–Crippen LogP) is 3.19. The molecule has 6 heteroatoms. The molecule has 4 nitrogen and oxygen atoms in total. The average molecular weight is 319 g/mol. The molecule has 1 aliphatic rings. The minimum absolute atomic E-state index is 0.238. The van der Waals surface area contributed by atoms with Gasteiger partial charge in [-0.15, -0.1) is 0 Å². The third kappa shape index (κ3) is 3.27. The van der Waals surface area contributed by atoms with Crippen molar-refractivity contribution < 1.29 is 23.1 Å². The number of hydrogen-bond acceptors (Lipinski definition) is 3. The van der Waals surface area contributed by atoms with E-state index >= 15 is 0 Å². The first-order valence-corrected chi connectivity index (χ1v) is 6.83. The molecule has 1 aromatic rings. The predicted molar refractivity (Wildman–Crippen MR) is 81.2 cm³/mol. The number of hydrogen-bond donors (Lipinski definition) is 0. The highest BCUT2D eigenvalue weighted by Gasteiger charge is 2.40. The molecule has 1 atom stereocenters. The van der Waals surface area contributed by atoms with Crippen LogP contribution in [-0.4, -0.2) is 36.0 Å². The van der Waals surface area contributed by atoms with Gasteiger partial charge < -0.3 is 4.74 Å². The van der Waals surface area contributed by atoms with Gasteiger partial charge in [-0.3, -0.25) is 14.5 Å². The number of halogens is 2. The van der Waals surface area contributed by atoms with Crippen molar-refractivity contribution in [1.82, 2.24) is 4.90 Å². The van der Waals surface area contributed by atoms with Crippen LogP contribution in [0, 0.1) is 0 Å². The highest BCUT2D eigenvalue weighted by atomic mass is 19.3. The molecule has 0 radical (unpaired) electrons. The van der Waals surface area contributed by atoms with E-state index in [4.69, 9.17) is 0 Å². The highest BCUT2D eigenvalue weighted by Crippen LogP contribution is 2.27. The zero-order chi connectivity index (χ0) is 17.0. The number of carbonyl (C=O) groups excluding carboxylic acids is 2. The summed E-state index contributed by atoms with van der Waals surface area (Å²) in [5, 5.41) is 0. The molecule has 120 valence electrons. The fourth-order valence-electron chi connectivity index (χ4n) is 2.43. The lowest BCUT2D eigenvalue weighted by Crippen LogP contribution is -2.44. The van der Waals surface area contributed by atoms with Gasteiger partial charge >= 0.3 is 6.61 Å². The topological polar surface area (TPSA) is 46.6 Å². The molecule has 0 aliphatic carbocycles. The Morgan fingerprint density at radius 2 is 1.74 bits per heavy atom. The van der Waals surface area contributed by atoms with Gasteiger partial charge in [0.2, 0.25) is 0 Å².